The lowest BCUT2D eigenvalue weighted by Gasteiger charge is -2.33. The second-order valence-corrected chi connectivity index (χ2v) is 9.66. The summed E-state index contributed by atoms with van der Waals surface area (Å²) >= 11 is 0. The van der Waals surface area contributed by atoms with Crippen LogP contribution in [0.1, 0.15) is 30.9 Å². The molecule has 3 rings (SSSR count). The molecule has 0 N–H and O–H groups in total. The van der Waals surface area contributed by atoms with Gasteiger partial charge in [-0.2, -0.15) is 17.0 Å². The second kappa shape index (κ2) is 9.61. The highest BCUT2D eigenvalue weighted by Crippen LogP contribution is 2.30. The molecule has 2 aromatic carbocycles. The number of rotatable bonds is 8. The Hall–Kier alpha value is -2.09. The fourth-order valence-electron chi connectivity index (χ4n) is 3.56. The molecule has 0 aliphatic carbocycles. The minimum atomic E-state index is -3.47. The minimum Gasteiger partial charge on any atom is -0.493 e. The molecule has 0 radical (unpaired) electrons. The van der Waals surface area contributed by atoms with Crippen LogP contribution in [0.3, 0.4) is 0 Å². The number of piperidine rings is 1. The molecule has 0 amide bonds. The van der Waals surface area contributed by atoms with Gasteiger partial charge in [-0.05, 0) is 42.0 Å². The van der Waals surface area contributed by atoms with Crippen molar-refractivity contribution in [2.24, 2.45) is 5.92 Å². The molecule has 0 bridgehead atoms. The zero-order chi connectivity index (χ0) is 20.9. The van der Waals surface area contributed by atoms with Gasteiger partial charge in [0.25, 0.3) is 10.2 Å². The summed E-state index contributed by atoms with van der Waals surface area (Å²) in [4.78, 5) is 0. The quantitative estimate of drug-likeness (QED) is 0.656. The fraction of sp³-hybridized carbons (Fsp3) is 0.455. The number of hydrogen-bond acceptors (Lipinski definition) is 4. The Morgan fingerprint density at radius 3 is 2.55 bits per heavy atom. The summed E-state index contributed by atoms with van der Waals surface area (Å²) < 4.78 is 40.2. The van der Waals surface area contributed by atoms with Gasteiger partial charge >= 0.3 is 0 Å². The number of nitrogens with zero attached hydrogens (tertiary/aromatic N) is 2. The lowest BCUT2D eigenvalue weighted by Crippen LogP contribution is -2.45. The Kier molecular flexibility index (Phi) is 7.16. The first-order chi connectivity index (χ1) is 13.9. The van der Waals surface area contributed by atoms with Crippen LogP contribution in [0.15, 0.2) is 48.5 Å². The van der Waals surface area contributed by atoms with E-state index >= 15 is 0 Å². The second-order valence-electron chi connectivity index (χ2n) is 7.63. The van der Waals surface area contributed by atoms with Crippen LogP contribution in [-0.2, 0) is 23.4 Å². The number of methoxy groups -OCH3 is 1. The van der Waals surface area contributed by atoms with E-state index in [1.807, 2.05) is 48.5 Å². The molecule has 0 spiro atoms. The molecule has 158 valence electrons. The van der Waals surface area contributed by atoms with Crippen molar-refractivity contribution in [3.63, 3.8) is 0 Å². The molecule has 0 saturated carbocycles. The molecular weight excluding hydrogens is 388 g/mol. The molecule has 29 heavy (non-hydrogen) atoms. The third-order valence-corrected chi connectivity index (χ3v) is 7.11. The molecule has 1 saturated heterocycles. The third kappa shape index (κ3) is 5.50. The first kappa shape index (κ1) is 21.6. The van der Waals surface area contributed by atoms with Crippen molar-refractivity contribution in [1.82, 2.24) is 8.61 Å². The van der Waals surface area contributed by atoms with Crippen molar-refractivity contribution >= 4 is 10.2 Å². The van der Waals surface area contributed by atoms with Crippen LogP contribution in [0.2, 0.25) is 0 Å². The molecule has 1 aliphatic heterocycles. The molecule has 1 fully saturated rings. The summed E-state index contributed by atoms with van der Waals surface area (Å²) in [6, 6.07) is 15.5. The van der Waals surface area contributed by atoms with Gasteiger partial charge < -0.3 is 9.47 Å². The first-order valence-corrected chi connectivity index (χ1v) is 11.3. The predicted molar refractivity (Wildman–Crippen MR) is 114 cm³/mol. The van der Waals surface area contributed by atoms with E-state index in [1.54, 1.807) is 18.5 Å². The van der Waals surface area contributed by atoms with Crippen LogP contribution >= 0.6 is 0 Å². The lowest BCUT2D eigenvalue weighted by molar-refractivity contribution is 0.262. The molecule has 1 atom stereocenters. The fourth-order valence-corrected chi connectivity index (χ4v) is 5.07. The van der Waals surface area contributed by atoms with Crippen LogP contribution in [0.5, 0.6) is 11.5 Å². The summed E-state index contributed by atoms with van der Waals surface area (Å²) in [6.07, 6.45) is 1.99. The number of ether oxygens (including phenoxy) is 2. The van der Waals surface area contributed by atoms with Gasteiger partial charge in [-0.3, -0.25) is 0 Å². The van der Waals surface area contributed by atoms with Crippen LogP contribution in [0.4, 0.5) is 0 Å². The zero-order valence-corrected chi connectivity index (χ0v) is 18.2. The average molecular weight is 419 g/mol. The van der Waals surface area contributed by atoms with Gasteiger partial charge in [0, 0.05) is 26.7 Å². The van der Waals surface area contributed by atoms with E-state index in [4.69, 9.17) is 9.47 Å². The summed E-state index contributed by atoms with van der Waals surface area (Å²) in [5, 5.41) is 0. The maximum atomic E-state index is 12.9. The molecule has 1 unspecified atom stereocenters. The zero-order valence-electron chi connectivity index (χ0n) is 17.4. The van der Waals surface area contributed by atoms with E-state index in [0.717, 1.165) is 24.0 Å². The standard InChI is InChI=1S/C22H30N2O4S/c1-18-8-7-13-24(15-18)29(25,26)23(2)16-20-11-12-21(22(14-20)27-3)28-17-19-9-5-4-6-10-19/h4-6,9-12,14,18H,7-8,13,15-17H2,1-3H3. The lowest BCUT2D eigenvalue weighted by atomic mass is 10.0. The van der Waals surface area contributed by atoms with Crippen molar-refractivity contribution < 1.29 is 17.9 Å². The van der Waals surface area contributed by atoms with E-state index in [2.05, 4.69) is 6.92 Å². The molecule has 1 heterocycles. The monoisotopic (exact) mass is 418 g/mol. The van der Waals surface area contributed by atoms with Crippen molar-refractivity contribution in [3.8, 4) is 11.5 Å². The SMILES string of the molecule is COc1cc(CN(C)S(=O)(=O)N2CCCC(C)C2)ccc1OCc1ccccc1. The van der Waals surface area contributed by atoms with Gasteiger partial charge in [0.2, 0.25) is 0 Å². The van der Waals surface area contributed by atoms with Crippen LogP contribution in [0.25, 0.3) is 0 Å². The normalized spacial score (nSPS) is 18.0. The molecule has 0 aromatic heterocycles. The van der Waals surface area contributed by atoms with Gasteiger partial charge in [0.1, 0.15) is 6.61 Å². The molecule has 7 heteroatoms. The molecular formula is C22H30N2O4S. The topological polar surface area (TPSA) is 59.1 Å². The number of benzene rings is 2. The summed E-state index contributed by atoms with van der Waals surface area (Å²) in [7, 11) is -0.261. The summed E-state index contributed by atoms with van der Waals surface area (Å²) in [6.45, 7) is 4.00. The Morgan fingerprint density at radius 2 is 1.86 bits per heavy atom. The largest absolute Gasteiger partial charge is 0.493 e. The van der Waals surface area contributed by atoms with Crippen LogP contribution < -0.4 is 9.47 Å². The van der Waals surface area contributed by atoms with E-state index in [1.165, 1.54) is 4.31 Å². The molecule has 1 aliphatic rings. The van der Waals surface area contributed by atoms with E-state index in [0.29, 0.717) is 37.1 Å². The minimum absolute atomic E-state index is 0.280. The smallest absolute Gasteiger partial charge is 0.282 e. The maximum Gasteiger partial charge on any atom is 0.282 e. The van der Waals surface area contributed by atoms with Gasteiger partial charge in [0.05, 0.1) is 7.11 Å². The maximum absolute atomic E-state index is 12.9. The Balaban J connectivity index is 1.67. The average Bonchev–Trinajstić information content (AvgIpc) is 2.73. The highest BCUT2D eigenvalue weighted by Gasteiger charge is 2.30. The van der Waals surface area contributed by atoms with E-state index in [9.17, 15) is 8.42 Å². The predicted octanol–water partition coefficient (Wildman–Crippen LogP) is 3.68. The van der Waals surface area contributed by atoms with Gasteiger partial charge in [-0.1, -0.05) is 43.3 Å². The van der Waals surface area contributed by atoms with Crippen LogP contribution in [0, 0.1) is 5.92 Å². The van der Waals surface area contributed by atoms with Crippen molar-refractivity contribution in [1.29, 1.82) is 0 Å². The summed E-state index contributed by atoms with van der Waals surface area (Å²) in [5.41, 5.74) is 1.92. The Labute approximate surface area is 174 Å². The van der Waals surface area contributed by atoms with Crippen molar-refractivity contribution in [2.45, 2.75) is 32.9 Å². The highest BCUT2D eigenvalue weighted by molar-refractivity contribution is 7.86. The van der Waals surface area contributed by atoms with Crippen molar-refractivity contribution in [2.75, 3.05) is 27.2 Å². The van der Waals surface area contributed by atoms with Gasteiger partial charge in [0.15, 0.2) is 11.5 Å². The summed E-state index contributed by atoms with van der Waals surface area (Å²) in [5.74, 6) is 1.62. The first-order valence-electron chi connectivity index (χ1n) is 9.95. The Morgan fingerprint density at radius 1 is 1.10 bits per heavy atom. The van der Waals surface area contributed by atoms with Crippen LogP contribution in [-0.4, -0.2) is 44.3 Å². The molecule has 6 nitrogen and oxygen atoms in total. The van der Waals surface area contributed by atoms with Gasteiger partial charge in [-0.25, -0.2) is 0 Å². The van der Waals surface area contributed by atoms with E-state index in [-0.39, 0.29) is 6.54 Å². The number of hydrogen-bond donors (Lipinski definition) is 0. The van der Waals surface area contributed by atoms with Gasteiger partial charge in [-0.15, -0.1) is 0 Å². The van der Waals surface area contributed by atoms with E-state index < -0.39 is 10.2 Å². The third-order valence-electron chi connectivity index (χ3n) is 5.21. The van der Waals surface area contributed by atoms with Crippen molar-refractivity contribution in [3.05, 3.63) is 59.7 Å². The molecule has 2 aromatic rings. The Bertz CT molecular complexity index is 902. The highest BCUT2D eigenvalue weighted by atomic mass is 32.2.